The fourth-order valence-corrected chi connectivity index (χ4v) is 2.98. The molecule has 0 unspecified atom stereocenters. The number of furan rings is 1. The Bertz CT molecular complexity index is 1100. The van der Waals surface area contributed by atoms with E-state index in [0.717, 1.165) is 33.3 Å². The van der Waals surface area contributed by atoms with Gasteiger partial charge >= 0.3 is 0 Å². The molecule has 0 aliphatic heterocycles. The van der Waals surface area contributed by atoms with Crippen LogP contribution in [0, 0.1) is 0 Å². The Morgan fingerprint density at radius 2 is 1.78 bits per heavy atom. The Morgan fingerprint density at radius 1 is 0.926 bits per heavy atom. The Labute approximate surface area is 156 Å². The summed E-state index contributed by atoms with van der Waals surface area (Å²) in [5, 5.41) is 4.84. The molecule has 0 fully saturated rings. The predicted molar refractivity (Wildman–Crippen MR) is 104 cm³/mol. The zero-order valence-corrected chi connectivity index (χ0v) is 14.9. The molecule has 0 atom stereocenters. The van der Waals surface area contributed by atoms with Crippen LogP contribution in [0.25, 0.3) is 21.9 Å². The number of ether oxygens (including phenoxy) is 2. The van der Waals surface area contributed by atoms with Crippen molar-refractivity contribution in [2.75, 3.05) is 13.7 Å². The zero-order valence-electron chi connectivity index (χ0n) is 14.9. The van der Waals surface area contributed by atoms with Crippen LogP contribution in [0.4, 0.5) is 0 Å². The van der Waals surface area contributed by atoms with E-state index in [4.69, 9.17) is 13.9 Å². The molecular formula is C22H19NO4. The molecule has 3 aromatic carbocycles. The highest BCUT2D eigenvalue weighted by Crippen LogP contribution is 2.31. The molecule has 0 aliphatic carbocycles. The van der Waals surface area contributed by atoms with Gasteiger partial charge in [-0.1, -0.05) is 30.3 Å². The second kappa shape index (κ2) is 7.41. The number of carbonyl (C=O) groups is 1. The van der Waals surface area contributed by atoms with Crippen LogP contribution in [-0.4, -0.2) is 19.6 Å². The molecule has 0 saturated carbocycles. The molecule has 4 aromatic rings. The minimum absolute atomic E-state index is 0.0503. The van der Waals surface area contributed by atoms with Gasteiger partial charge in [-0.15, -0.1) is 0 Å². The number of hydrogen-bond acceptors (Lipinski definition) is 4. The van der Waals surface area contributed by atoms with Crippen molar-refractivity contribution in [1.82, 2.24) is 5.32 Å². The van der Waals surface area contributed by atoms with E-state index in [1.54, 1.807) is 13.2 Å². The molecule has 0 spiro atoms. The molecular weight excluding hydrogens is 342 g/mol. The van der Waals surface area contributed by atoms with Crippen molar-refractivity contribution >= 4 is 27.8 Å². The first-order valence-corrected chi connectivity index (χ1v) is 8.66. The molecule has 0 radical (unpaired) electrons. The van der Waals surface area contributed by atoms with E-state index in [9.17, 15) is 4.79 Å². The lowest BCUT2D eigenvalue weighted by atomic mass is 10.1. The van der Waals surface area contributed by atoms with E-state index < -0.39 is 0 Å². The maximum absolute atomic E-state index is 12.1. The Hall–Kier alpha value is -3.47. The maximum atomic E-state index is 12.1. The summed E-state index contributed by atoms with van der Waals surface area (Å²) in [4.78, 5) is 12.1. The van der Waals surface area contributed by atoms with Crippen LogP contribution in [0.15, 0.2) is 71.1 Å². The molecule has 27 heavy (non-hydrogen) atoms. The van der Waals surface area contributed by atoms with Gasteiger partial charge in [0.2, 0.25) is 0 Å². The van der Waals surface area contributed by atoms with Crippen LogP contribution >= 0.6 is 0 Å². The van der Waals surface area contributed by atoms with Gasteiger partial charge in [0, 0.05) is 17.3 Å². The predicted octanol–water partition coefficient (Wildman–Crippen LogP) is 4.29. The molecule has 1 amide bonds. The smallest absolute Gasteiger partial charge is 0.258 e. The molecule has 5 heteroatoms. The molecule has 1 aromatic heterocycles. The fourth-order valence-electron chi connectivity index (χ4n) is 2.98. The number of hydrogen-bond donors (Lipinski definition) is 1. The zero-order chi connectivity index (χ0) is 18.6. The van der Waals surface area contributed by atoms with E-state index in [-0.39, 0.29) is 12.5 Å². The van der Waals surface area contributed by atoms with E-state index in [2.05, 4.69) is 5.32 Å². The average molecular weight is 361 g/mol. The summed E-state index contributed by atoms with van der Waals surface area (Å²) in [6.45, 7) is 0.371. The molecule has 136 valence electrons. The average Bonchev–Trinajstić information content (AvgIpc) is 3.09. The highest BCUT2D eigenvalue weighted by atomic mass is 16.5. The van der Waals surface area contributed by atoms with Gasteiger partial charge in [0.15, 0.2) is 6.61 Å². The standard InChI is InChI=1S/C22H19NO4/c1-25-16-6-4-5-15(11-16)13-23-22(24)14-26-17-9-10-21-19(12-17)18-7-2-3-8-20(18)27-21/h2-12H,13-14H2,1H3,(H,23,24). The number of para-hydroxylation sites is 1. The highest BCUT2D eigenvalue weighted by Gasteiger charge is 2.09. The first kappa shape index (κ1) is 17.0. The SMILES string of the molecule is COc1cccc(CNC(=O)COc2ccc3oc4ccccc4c3c2)c1. The Balaban J connectivity index is 1.39. The van der Waals surface area contributed by atoms with E-state index >= 15 is 0 Å². The van der Waals surface area contributed by atoms with Gasteiger partial charge in [-0.3, -0.25) is 4.79 Å². The van der Waals surface area contributed by atoms with Crippen LogP contribution in [-0.2, 0) is 11.3 Å². The minimum atomic E-state index is -0.185. The van der Waals surface area contributed by atoms with Gasteiger partial charge in [0.1, 0.15) is 22.7 Å². The number of fused-ring (bicyclic) bond motifs is 3. The third-order valence-electron chi connectivity index (χ3n) is 4.34. The molecule has 0 saturated heterocycles. The Morgan fingerprint density at radius 3 is 2.67 bits per heavy atom. The van der Waals surface area contributed by atoms with Crippen molar-refractivity contribution < 1.29 is 18.7 Å². The summed E-state index contributed by atoms with van der Waals surface area (Å²) >= 11 is 0. The molecule has 5 nitrogen and oxygen atoms in total. The Kier molecular flexibility index (Phi) is 4.66. The number of rotatable bonds is 6. The second-order valence-electron chi connectivity index (χ2n) is 6.17. The van der Waals surface area contributed by atoms with Crippen molar-refractivity contribution in [3.8, 4) is 11.5 Å². The summed E-state index contributed by atoms with van der Waals surface area (Å²) in [5.41, 5.74) is 2.60. The van der Waals surface area contributed by atoms with Crippen molar-refractivity contribution in [2.24, 2.45) is 0 Å². The lowest BCUT2D eigenvalue weighted by molar-refractivity contribution is -0.123. The minimum Gasteiger partial charge on any atom is -0.497 e. The first-order chi connectivity index (χ1) is 13.2. The van der Waals surface area contributed by atoms with Gasteiger partial charge in [-0.2, -0.15) is 0 Å². The topological polar surface area (TPSA) is 60.7 Å². The number of methoxy groups -OCH3 is 1. The molecule has 0 bridgehead atoms. The summed E-state index contributed by atoms with van der Waals surface area (Å²) in [7, 11) is 1.62. The van der Waals surface area contributed by atoms with Crippen LogP contribution in [0.1, 0.15) is 5.56 Å². The van der Waals surface area contributed by atoms with Crippen molar-refractivity contribution in [3.63, 3.8) is 0 Å². The number of carbonyl (C=O) groups excluding carboxylic acids is 1. The summed E-state index contributed by atoms with van der Waals surface area (Å²) in [6.07, 6.45) is 0. The van der Waals surface area contributed by atoms with Crippen molar-refractivity contribution in [3.05, 3.63) is 72.3 Å². The van der Waals surface area contributed by atoms with E-state index in [1.165, 1.54) is 0 Å². The van der Waals surface area contributed by atoms with Crippen LogP contribution in [0.2, 0.25) is 0 Å². The van der Waals surface area contributed by atoms with Gasteiger partial charge < -0.3 is 19.2 Å². The first-order valence-electron chi connectivity index (χ1n) is 8.66. The maximum Gasteiger partial charge on any atom is 0.258 e. The lowest BCUT2D eigenvalue weighted by Crippen LogP contribution is -2.28. The normalized spacial score (nSPS) is 10.9. The monoisotopic (exact) mass is 361 g/mol. The fraction of sp³-hybridized carbons (Fsp3) is 0.136. The second-order valence-corrected chi connectivity index (χ2v) is 6.17. The summed E-state index contributed by atoms with van der Waals surface area (Å²) in [5.74, 6) is 1.21. The summed E-state index contributed by atoms with van der Waals surface area (Å²) < 4.78 is 16.6. The van der Waals surface area contributed by atoms with Crippen LogP contribution in [0.5, 0.6) is 11.5 Å². The van der Waals surface area contributed by atoms with Crippen LogP contribution < -0.4 is 14.8 Å². The number of amides is 1. The number of nitrogens with one attached hydrogen (secondary N) is 1. The van der Waals surface area contributed by atoms with Crippen molar-refractivity contribution in [2.45, 2.75) is 6.54 Å². The van der Waals surface area contributed by atoms with Gasteiger partial charge in [0.05, 0.1) is 7.11 Å². The molecule has 0 aliphatic rings. The van der Waals surface area contributed by atoms with Gasteiger partial charge in [0.25, 0.3) is 5.91 Å². The largest absolute Gasteiger partial charge is 0.497 e. The van der Waals surface area contributed by atoms with Gasteiger partial charge in [-0.05, 0) is 42.0 Å². The third kappa shape index (κ3) is 3.72. The lowest BCUT2D eigenvalue weighted by Gasteiger charge is -2.08. The highest BCUT2D eigenvalue weighted by molar-refractivity contribution is 6.05. The summed E-state index contributed by atoms with van der Waals surface area (Å²) in [6, 6.07) is 21.0. The van der Waals surface area contributed by atoms with E-state index in [0.29, 0.717) is 12.3 Å². The quantitative estimate of drug-likeness (QED) is 0.556. The molecule has 1 N–H and O–H groups in total. The van der Waals surface area contributed by atoms with E-state index in [1.807, 2.05) is 60.7 Å². The number of benzene rings is 3. The third-order valence-corrected chi connectivity index (χ3v) is 4.34. The van der Waals surface area contributed by atoms with Gasteiger partial charge in [-0.25, -0.2) is 0 Å². The van der Waals surface area contributed by atoms with Crippen LogP contribution in [0.3, 0.4) is 0 Å². The molecule has 1 heterocycles. The van der Waals surface area contributed by atoms with Crippen molar-refractivity contribution in [1.29, 1.82) is 0 Å². The molecule has 4 rings (SSSR count).